The van der Waals surface area contributed by atoms with Gasteiger partial charge in [-0.2, -0.15) is 9.30 Å². The summed E-state index contributed by atoms with van der Waals surface area (Å²) in [6, 6.07) is 21.6. The fourth-order valence-electron chi connectivity index (χ4n) is 3.73. The molecule has 1 heterocycles. The molecule has 0 unspecified atom stereocenters. The van der Waals surface area contributed by atoms with E-state index in [9.17, 15) is 13.2 Å². The number of carbonyl (C=O) groups is 1. The second-order valence-electron chi connectivity index (χ2n) is 8.20. The molecule has 0 bridgehead atoms. The predicted molar refractivity (Wildman–Crippen MR) is 136 cm³/mol. The Morgan fingerprint density at radius 3 is 2.41 bits per heavy atom. The van der Waals surface area contributed by atoms with E-state index in [1.807, 2.05) is 37.3 Å². The van der Waals surface area contributed by atoms with Gasteiger partial charge in [-0.05, 0) is 60.9 Å². The highest BCUT2D eigenvalue weighted by Crippen LogP contribution is 2.20. The summed E-state index contributed by atoms with van der Waals surface area (Å²) in [5.41, 5.74) is 3.47. The Labute approximate surface area is 203 Å². The summed E-state index contributed by atoms with van der Waals surface area (Å²) in [6.45, 7) is 5.16. The van der Waals surface area contributed by atoms with Crippen molar-refractivity contribution < 1.29 is 13.2 Å². The Morgan fingerprint density at radius 1 is 1.03 bits per heavy atom. The van der Waals surface area contributed by atoms with Crippen molar-refractivity contribution in [3.8, 4) is 0 Å². The average Bonchev–Trinajstić information content (AvgIpc) is 3.15. The second-order valence-corrected chi connectivity index (χ2v) is 11.2. The zero-order valence-corrected chi connectivity index (χ0v) is 21.1. The Morgan fingerprint density at radius 2 is 1.74 bits per heavy atom. The highest BCUT2D eigenvalue weighted by Gasteiger charge is 2.21. The molecule has 3 aromatic carbocycles. The van der Waals surface area contributed by atoms with E-state index in [1.54, 1.807) is 7.05 Å². The highest BCUT2D eigenvalue weighted by molar-refractivity contribution is 7.89. The zero-order chi connectivity index (χ0) is 24.3. The minimum Gasteiger partial charge on any atom is -0.316 e. The largest absolute Gasteiger partial charge is 0.316 e. The van der Waals surface area contributed by atoms with E-state index in [1.165, 1.54) is 39.9 Å². The number of rotatable bonds is 7. The Hall–Kier alpha value is -3.07. The summed E-state index contributed by atoms with van der Waals surface area (Å²) >= 11 is 1.49. The van der Waals surface area contributed by atoms with Crippen molar-refractivity contribution in [1.82, 2.24) is 8.87 Å². The van der Waals surface area contributed by atoms with Crippen LogP contribution in [0, 0.1) is 6.92 Å². The van der Waals surface area contributed by atoms with Crippen molar-refractivity contribution in [3.63, 3.8) is 0 Å². The highest BCUT2D eigenvalue weighted by atomic mass is 32.2. The van der Waals surface area contributed by atoms with Crippen molar-refractivity contribution in [3.05, 3.63) is 94.3 Å². The lowest BCUT2D eigenvalue weighted by atomic mass is 10.2. The molecule has 34 heavy (non-hydrogen) atoms. The minimum atomic E-state index is -3.68. The quantitative estimate of drug-likeness (QED) is 0.364. The van der Waals surface area contributed by atoms with Gasteiger partial charge in [0.15, 0.2) is 4.80 Å². The number of hydrogen-bond acceptors (Lipinski definition) is 4. The number of carbonyl (C=O) groups excluding carboxylic acids is 1. The molecule has 0 spiro atoms. The molecule has 0 N–H and O–H groups in total. The van der Waals surface area contributed by atoms with Crippen LogP contribution in [0.25, 0.3) is 10.2 Å². The van der Waals surface area contributed by atoms with Crippen LogP contribution >= 0.6 is 11.3 Å². The lowest BCUT2D eigenvalue weighted by Crippen LogP contribution is -2.26. The zero-order valence-electron chi connectivity index (χ0n) is 19.4. The number of aromatic nitrogens is 1. The van der Waals surface area contributed by atoms with Gasteiger partial charge < -0.3 is 4.57 Å². The van der Waals surface area contributed by atoms with Crippen LogP contribution in [0.4, 0.5) is 0 Å². The summed E-state index contributed by atoms with van der Waals surface area (Å²) in [6.07, 6.45) is 0.921. The summed E-state index contributed by atoms with van der Waals surface area (Å²) in [7, 11) is -2.14. The maximum atomic E-state index is 13.0. The maximum Gasteiger partial charge on any atom is 0.279 e. The number of sulfonamides is 1. The van der Waals surface area contributed by atoms with Crippen LogP contribution in [0.15, 0.2) is 82.7 Å². The molecule has 0 aliphatic carbocycles. The molecular formula is C26H27N3O3S2. The minimum absolute atomic E-state index is 0.140. The standard InChI is InChI=1S/C26H27N3O3S2/c1-4-16-29-23-15-10-19(2)17-24(23)33-26(29)27-25(30)21-11-13-22(14-12-21)34(31,32)28(3)18-20-8-6-5-7-9-20/h5-15,17H,4,16,18H2,1-3H3. The first-order valence-corrected chi connectivity index (χ1v) is 13.3. The van der Waals surface area contributed by atoms with Crippen molar-refractivity contribution in [2.75, 3.05) is 7.05 Å². The van der Waals surface area contributed by atoms with E-state index in [0.29, 0.717) is 10.4 Å². The summed E-state index contributed by atoms with van der Waals surface area (Å²) in [5, 5.41) is 0. The van der Waals surface area contributed by atoms with E-state index in [0.717, 1.165) is 34.3 Å². The normalized spacial score (nSPS) is 12.5. The third kappa shape index (κ3) is 5.04. The number of nitrogens with zero attached hydrogens (tertiary/aromatic N) is 3. The molecule has 1 amide bonds. The van der Waals surface area contributed by atoms with Crippen LogP contribution in [0.2, 0.25) is 0 Å². The monoisotopic (exact) mass is 493 g/mol. The van der Waals surface area contributed by atoms with Crippen molar-refractivity contribution in [2.45, 2.75) is 38.3 Å². The Kier molecular flexibility index (Phi) is 7.11. The number of thiazole rings is 1. The van der Waals surface area contributed by atoms with Crippen molar-refractivity contribution in [1.29, 1.82) is 0 Å². The van der Waals surface area contributed by atoms with Gasteiger partial charge in [-0.1, -0.05) is 54.7 Å². The second kappa shape index (κ2) is 10.0. The van der Waals surface area contributed by atoms with Gasteiger partial charge in [0.25, 0.3) is 5.91 Å². The number of hydrogen-bond donors (Lipinski definition) is 0. The van der Waals surface area contributed by atoms with Gasteiger partial charge in [0, 0.05) is 25.7 Å². The van der Waals surface area contributed by atoms with E-state index in [-0.39, 0.29) is 11.4 Å². The first-order valence-electron chi connectivity index (χ1n) is 11.1. The van der Waals surface area contributed by atoms with Crippen LogP contribution in [0.5, 0.6) is 0 Å². The van der Waals surface area contributed by atoms with Gasteiger partial charge >= 0.3 is 0 Å². The Bertz CT molecular complexity index is 1490. The smallest absolute Gasteiger partial charge is 0.279 e. The molecule has 0 fully saturated rings. The lowest BCUT2D eigenvalue weighted by Gasteiger charge is -2.17. The van der Waals surface area contributed by atoms with Gasteiger partial charge in [0.1, 0.15) is 0 Å². The molecule has 1 aromatic heterocycles. The maximum absolute atomic E-state index is 13.0. The van der Waals surface area contributed by atoms with Gasteiger partial charge in [-0.25, -0.2) is 8.42 Å². The topological polar surface area (TPSA) is 71.7 Å². The van der Waals surface area contributed by atoms with Gasteiger partial charge in [-0.15, -0.1) is 0 Å². The van der Waals surface area contributed by atoms with Crippen LogP contribution in [0.3, 0.4) is 0 Å². The van der Waals surface area contributed by atoms with Gasteiger partial charge in [-0.3, -0.25) is 4.79 Å². The molecule has 4 aromatic rings. The number of fused-ring (bicyclic) bond motifs is 1. The molecule has 4 rings (SSSR count). The molecule has 0 saturated heterocycles. The molecule has 8 heteroatoms. The van der Waals surface area contributed by atoms with E-state index in [4.69, 9.17) is 0 Å². The summed E-state index contributed by atoms with van der Waals surface area (Å²) < 4.78 is 30.4. The number of amides is 1. The molecule has 0 radical (unpaired) electrons. The number of benzene rings is 3. The van der Waals surface area contributed by atoms with Crippen LogP contribution < -0.4 is 4.80 Å². The third-order valence-electron chi connectivity index (χ3n) is 5.54. The third-order valence-corrected chi connectivity index (χ3v) is 8.40. The van der Waals surface area contributed by atoms with E-state index < -0.39 is 15.9 Å². The van der Waals surface area contributed by atoms with E-state index >= 15 is 0 Å². The fourth-order valence-corrected chi connectivity index (χ4v) is 6.04. The summed E-state index contributed by atoms with van der Waals surface area (Å²) in [4.78, 5) is 18.1. The van der Waals surface area contributed by atoms with Crippen molar-refractivity contribution in [2.24, 2.45) is 4.99 Å². The first kappa shape index (κ1) is 24.1. The average molecular weight is 494 g/mol. The predicted octanol–water partition coefficient (Wildman–Crippen LogP) is 4.98. The van der Waals surface area contributed by atoms with Gasteiger partial charge in [0.05, 0.1) is 15.1 Å². The molecule has 6 nitrogen and oxygen atoms in total. The lowest BCUT2D eigenvalue weighted by molar-refractivity contribution is 0.0997. The van der Waals surface area contributed by atoms with Crippen LogP contribution in [0.1, 0.15) is 34.8 Å². The molecule has 176 valence electrons. The molecule has 0 atom stereocenters. The Balaban J connectivity index is 1.60. The summed E-state index contributed by atoms with van der Waals surface area (Å²) in [5.74, 6) is -0.394. The molecule has 0 aliphatic rings. The fraction of sp³-hybridized carbons (Fsp3) is 0.231. The molecular weight excluding hydrogens is 466 g/mol. The van der Waals surface area contributed by atoms with Gasteiger partial charge in [0.2, 0.25) is 10.0 Å². The SMILES string of the molecule is CCCn1c(=NC(=O)c2ccc(S(=O)(=O)N(C)Cc3ccccc3)cc2)sc2cc(C)ccc21. The van der Waals surface area contributed by atoms with Crippen molar-refractivity contribution >= 4 is 37.5 Å². The molecule has 0 saturated carbocycles. The van der Waals surface area contributed by atoms with E-state index in [2.05, 4.69) is 34.7 Å². The van der Waals surface area contributed by atoms with Crippen LogP contribution in [-0.2, 0) is 23.1 Å². The number of aryl methyl sites for hydroxylation is 2. The molecule has 0 aliphatic heterocycles. The van der Waals surface area contributed by atoms with Crippen LogP contribution in [-0.4, -0.2) is 30.2 Å². The first-order chi connectivity index (χ1) is 16.3.